The highest BCUT2D eigenvalue weighted by atomic mass is 32.2. The lowest BCUT2D eigenvalue weighted by Crippen LogP contribution is -2.34. The van der Waals surface area contributed by atoms with Gasteiger partial charge in [0, 0.05) is 17.6 Å². The molecule has 27 heavy (non-hydrogen) atoms. The molecule has 0 bridgehead atoms. The van der Waals surface area contributed by atoms with Crippen molar-refractivity contribution < 1.29 is 8.42 Å². The van der Waals surface area contributed by atoms with E-state index in [2.05, 4.69) is 15.4 Å². The summed E-state index contributed by atoms with van der Waals surface area (Å²) >= 11 is 0. The van der Waals surface area contributed by atoms with E-state index in [1.165, 1.54) is 24.8 Å². The third-order valence-electron chi connectivity index (χ3n) is 5.56. The van der Waals surface area contributed by atoms with E-state index < -0.39 is 10.0 Å². The zero-order valence-corrected chi connectivity index (χ0v) is 16.2. The first-order valence-corrected chi connectivity index (χ1v) is 11.2. The van der Waals surface area contributed by atoms with E-state index >= 15 is 0 Å². The molecule has 5 nitrogen and oxygen atoms in total. The van der Waals surface area contributed by atoms with Crippen molar-refractivity contribution in [3.8, 4) is 0 Å². The smallest absolute Gasteiger partial charge is 0.261 e. The molecule has 0 amide bonds. The van der Waals surface area contributed by atoms with Gasteiger partial charge in [-0.25, -0.2) is 8.42 Å². The predicted molar refractivity (Wildman–Crippen MR) is 108 cm³/mol. The largest absolute Gasteiger partial charge is 0.317 e. The van der Waals surface area contributed by atoms with Crippen molar-refractivity contribution >= 4 is 15.7 Å². The Hall–Kier alpha value is -1.89. The molecule has 2 aromatic carbocycles. The van der Waals surface area contributed by atoms with Gasteiger partial charge in [-0.15, -0.1) is 0 Å². The van der Waals surface area contributed by atoms with Gasteiger partial charge in [0.05, 0.1) is 4.90 Å². The van der Waals surface area contributed by atoms with Crippen LogP contribution in [0.5, 0.6) is 0 Å². The highest BCUT2D eigenvalue weighted by Gasteiger charge is 2.38. The molecule has 2 aliphatic rings. The van der Waals surface area contributed by atoms with E-state index in [1.807, 2.05) is 24.3 Å². The summed E-state index contributed by atoms with van der Waals surface area (Å²) in [6.45, 7) is 3.39. The lowest BCUT2D eigenvalue weighted by Gasteiger charge is -2.22. The van der Waals surface area contributed by atoms with Crippen LogP contribution in [0.2, 0.25) is 0 Å². The van der Waals surface area contributed by atoms with Crippen molar-refractivity contribution in [2.45, 2.75) is 36.1 Å². The molecular formula is C21H27N3O2S. The fraction of sp³-hybridized carbons (Fsp3) is 0.429. The van der Waals surface area contributed by atoms with Crippen LogP contribution < -0.4 is 15.4 Å². The topological polar surface area (TPSA) is 70.2 Å². The molecule has 2 aromatic rings. The maximum Gasteiger partial charge on any atom is 0.261 e. The molecule has 1 saturated carbocycles. The van der Waals surface area contributed by atoms with Crippen molar-refractivity contribution in [2.24, 2.45) is 5.92 Å². The molecule has 6 heteroatoms. The number of hydrogen-bond acceptors (Lipinski definition) is 4. The Morgan fingerprint density at radius 3 is 2.37 bits per heavy atom. The SMILES string of the molecule is O=S(=O)(Nc1ccc(C2CC2NCC2CCNCC2)cc1)c1ccccc1. The Labute approximate surface area is 161 Å². The minimum atomic E-state index is -3.53. The van der Waals surface area contributed by atoms with Gasteiger partial charge in [-0.1, -0.05) is 30.3 Å². The van der Waals surface area contributed by atoms with Gasteiger partial charge in [0.25, 0.3) is 10.0 Å². The van der Waals surface area contributed by atoms with Crippen LogP contribution in [0.3, 0.4) is 0 Å². The number of sulfonamides is 1. The van der Waals surface area contributed by atoms with E-state index in [4.69, 9.17) is 0 Å². The van der Waals surface area contributed by atoms with Crippen molar-refractivity contribution in [3.63, 3.8) is 0 Å². The highest BCUT2D eigenvalue weighted by molar-refractivity contribution is 7.92. The fourth-order valence-corrected chi connectivity index (χ4v) is 4.88. The first-order chi connectivity index (χ1) is 13.1. The number of piperidine rings is 1. The van der Waals surface area contributed by atoms with Gasteiger partial charge < -0.3 is 10.6 Å². The second-order valence-electron chi connectivity index (χ2n) is 7.59. The van der Waals surface area contributed by atoms with Crippen LogP contribution in [0, 0.1) is 5.92 Å². The molecule has 0 aromatic heterocycles. The van der Waals surface area contributed by atoms with Gasteiger partial charge in [-0.3, -0.25) is 4.72 Å². The maximum atomic E-state index is 12.4. The van der Waals surface area contributed by atoms with Crippen molar-refractivity contribution in [1.29, 1.82) is 0 Å². The molecule has 2 atom stereocenters. The van der Waals surface area contributed by atoms with Gasteiger partial charge >= 0.3 is 0 Å². The summed E-state index contributed by atoms with van der Waals surface area (Å²) < 4.78 is 27.4. The third-order valence-corrected chi connectivity index (χ3v) is 6.96. The average Bonchev–Trinajstić information content (AvgIpc) is 3.48. The Balaban J connectivity index is 1.31. The standard InChI is InChI=1S/C21H27N3O2S/c25-27(26,19-4-2-1-3-5-19)24-18-8-6-17(7-9-18)20-14-21(20)23-15-16-10-12-22-13-11-16/h1-9,16,20-24H,10-15H2. The van der Waals surface area contributed by atoms with Crippen molar-refractivity contribution in [1.82, 2.24) is 10.6 Å². The van der Waals surface area contributed by atoms with Crippen molar-refractivity contribution in [3.05, 3.63) is 60.2 Å². The number of anilines is 1. The number of hydrogen-bond donors (Lipinski definition) is 3. The lowest BCUT2D eigenvalue weighted by molar-refractivity contribution is 0.355. The normalized spacial score (nSPS) is 23.1. The van der Waals surface area contributed by atoms with E-state index in [1.54, 1.807) is 30.3 Å². The van der Waals surface area contributed by atoms with Crippen LogP contribution in [0.4, 0.5) is 5.69 Å². The molecule has 0 spiro atoms. The average molecular weight is 386 g/mol. The molecule has 1 aliphatic carbocycles. The van der Waals surface area contributed by atoms with Gasteiger partial charge in [0.2, 0.25) is 0 Å². The second kappa shape index (κ2) is 8.00. The van der Waals surface area contributed by atoms with E-state index in [9.17, 15) is 8.42 Å². The molecule has 1 saturated heterocycles. The number of benzene rings is 2. The molecule has 144 valence electrons. The Kier molecular flexibility index (Phi) is 5.48. The number of rotatable bonds is 7. The minimum absolute atomic E-state index is 0.276. The van der Waals surface area contributed by atoms with Crippen LogP contribution >= 0.6 is 0 Å². The molecular weight excluding hydrogens is 358 g/mol. The number of nitrogens with one attached hydrogen (secondary N) is 3. The van der Waals surface area contributed by atoms with Crippen molar-refractivity contribution in [2.75, 3.05) is 24.4 Å². The summed E-state index contributed by atoms with van der Waals surface area (Å²) in [5, 5.41) is 7.12. The quantitative estimate of drug-likeness (QED) is 0.685. The summed E-state index contributed by atoms with van der Waals surface area (Å²) in [5.41, 5.74) is 1.88. The van der Waals surface area contributed by atoms with E-state index in [0.717, 1.165) is 25.6 Å². The fourth-order valence-electron chi connectivity index (χ4n) is 3.80. The molecule has 2 fully saturated rings. The van der Waals surface area contributed by atoms with Crippen LogP contribution in [-0.4, -0.2) is 34.1 Å². The van der Waals surface area contributed by atoms with Gasteiger partial charge in [0.1, 0.15) is 0 Å². The third kappa shape index (κ3) is 4.69. The zero-order chi connectivity index (χ0) is 18.7. The molecule has 4 rings (SSSR count). The van der Waals surface area contributed by atoms with E-state index in [0.29, 0.717) is 17.6 Å². The molecule has 1 aliphatic heterocycles. The Morgan fingerprint density at radius 1 is 0.963 bits per heavy atom. The summed E-state index contributed by atoms with van der Waals surface area (Å²) in [4.78, 5) is 0.276. The highest BCUT2D eigenvalue weighted by Crippen LogP contribution is 2.41. The van der Waals surface area contributed by atoms with Crippen LogP contribution in [0.15, 0.2) is 59.5 Å². The summed E-state index contributed by atoms with van der Waals surface area (Å²) in [6, 6.07) is 16.8. The second-order valence-corrected chi connectivity index (χ2v) is 9.27. The Bertz CT molecular complexity index is 847. The summed E-state index contributed by atoms with van der Waals surface area (Å²) in [6.07, 6.45) is 3.70. The van der Waals surface area contributed by atoms with Gasteiger partial charge in [-0.05, 0) is 74.6 Å². The van der Waals surface area contributed by atoms with Crippen LogP contribution in [-0.2, 0) is 10.0 Å². The molecule has 3 N–H and O–H groups in total. The molecule has 2 unspecified atom stereocenters. The minimum Gasteiger partial charge on any atom is -0.317 e. The predicted octanol–water partition coefficient (Wildman–Crippen LogP) is 2.93. The Morgan fingerprint density at radius 2 is 1.67 bits per heavy atom. The van der Waals surface area contributed by atoms with Gasteiger partial charge in [0.15, 0.2) is 0 Å². The zero-order valence-electron chi connectivity index (χ0n) is 15.4. The monoisotopic (exact) mass is 385 g/mol. The van der Waals surface area contributed by atoms with Crippen LogP contribution in [0.25, 0.3) is 0 Å². The molecule has 1 heterocycles. The summed E-state index contributed by atoms with van der Waals surface area (Å²) in [7, 11) is -3.53. The first kappa shape index (κ1) is 18.5. The lowest BCUT2D eigenvalue weighted by atomic mass is 9.98. The first-order valence-electron chi connectivity index (χ1n) is 9.74. The maximum absolute atomic E-state index is 12.4. The van der Waals surface area contributed by atoms with Crippen LogP contribution in [0.1, 0.15) is 30.7 Å². The molecule has 0 radical (unpaired) electrons. The summed E-state index contributed by atoms with van der Waals surface area (Å²) in [5.74, 6) is 1.34. The van der Waals surface area contributed by atoms with Gasteiger partial charge in [-0.2, -0.15) is 0 Å². The van der Waals surface area contributed by atoms with E-state index in [-0.39, 0.29) is 4.90 Å².